The smallest absolute Gasteiger partial charge is 0.368 e. The van der Waals surface area contributed by atoms with Crippen LogP contribution in [-0.4, -0.2) is 41.9 Å². The van der Waals surface area contributed by atoms with Gasteiger partial charge in [0.1, 0.15) is 17.9 Å². The van der Waals surface area contributed by atoms with E-state index in [9.17, 15) is 14.4 Å². The molecule has 2 N–H and O–H groups in total. The highest BCUT2D eigenvalue weighted by Crippen LogP contribution is 2.44. The van der Waals surface area contributed by atoms with Crippen LogP contribution in [0.5, 0.6) is 0 Å². The first-order valence-electron chi connectivity index (χ1n) is 7.30. The van der Waals surface area contributed by atoms with Crippen molar-refractivity contribution < 1.29 is 24.4 Å². The van der Waals surface area contributed by atoms with Crippen LogP contribution < -0.4 is 5.32 Å². The molecule has 1 aromatic heterocycles. The Hall–Kier alpha value is -1.73. The number of imide groups is 1. The standard InChI is InChI=1S/C15H18N2O4S/c1-4-21-14(20)15(2)10-9(12(18)17(3)13(10)19)11(16-15)8-6-5-7-22-8/h5-7,9-11,16H,4H2,1-3H3/p+1/t9-,10+,11-,15-/m0/s1. The van der Waals surface area contributed by atoms with Crippen LogP contribution in [0.25, 0.3) is 0 Å². The second-order valence-electron chi connectivity index (χ2n) is 5.95. The van der Waals surface area contributed by atoms with E-state index in [-0.39, 0.29) is 24.5 Å². The molecule has 0 aliphatic carbocycles. The average Bonchev–Trinajstić information content (AvgIpc) is 3.15. The summed E-state index contributed by atoms with van der Waals surface area (Å²) in [5.74, 6) is -2.11. The van der Waals surface area contributed by atoms with Gasteiger partial charge in [-0.1, -0.05) is 6.07 Å². The fourth-order valence-corrected chi connectivity index (χ4v) is 4.47. The molecule has 0 radical (unpaired) electrons. The van der Waals surface area contributed by atoms with Crippen LogP contribution in [-0.2, 0) is 19.1 Å². The molecule has 4 atom stereocenters. The molecule has 2 saturated heterocycles. The number of hydrogen-bond donors (Lipinski definition) is 1. The SMILES string of the molecule is CCOC(=O)[C@@]1(C)[NH2+][C@@H](c2cccs2)[C@H]2C(=O)N(C)C(=O)[C@@H]21. The van der Waals surface area contributed by atoms with Crippen molar-refractivity contribution in [1.29, 1.82) is 0 Å². The second-order valence-corrected chi connectivity index (χ2v) is 6.93. The number of carbonyl (C=O) groups is 3. The normalized spacial score (nSPS) is 34.1. The number of fused-ring (bicyclic) bond motifs is 1. The van der Waals surface area contributed by atoms with Crippen molar-refractivity contribution in [2.24, 2.45) is 11.8 Å². The number of ether oxygens (including phenoxy) is 1. The largest absolute Gasteiger partial charge is 0.461 e. The lowest BCUT2D eigenvalue weighted by molar-refractivity contribution is -0.730. The third kappa shape index (κ3) is 1.92. The Morgan fingerprint density at radius 2 is 2.18 bits per heavy atom. The molecule has 22 heavy (non-hydrogen) atoms. The number of quaternary nitrogens is 1. The summed E-state index contributed by atoms with van der Waals surface area (Å²) < 4.78 is 5.17. The second kappa shape index (κ2) is 5.17. The van der Waals surface area contributed by atoms with Gasteiger partial charge in [0.15, 0.2) is 0 Å². The maximum atomic E-state index is 12.5. The minimum absolute atomic E-state index is 0.210. The Labute approximate surface area is 132 Å². The van der Waals surface area contributed by atoms with Gasteiger partial charge in [-0.2, -0.15) is 0 Å². The van der Waals surface area contributed by atoms with Crippen LogP contribution in [0, 0.1) is 11.8 Å². The number of thiophene rings is 1. The van der Waals surface area contributed by atoms with Crippen molar-refractivity contribution in [3.05, 3.63) is 22.4 Å². The summed E-state index contributed by atoms with van der Waals surface area (Å²) in [4.78, 5) is 39.6. The minimum atomic E-state index is -1.06. The molecule has 0 spiro atoms. The molecule has 0 bridgehead atoms. The van der Waals surface area contributed by atoms with Gasteiger partial charge in [-0.3, -0.25) is 14.5 Å². The summed E-state index contributed by atoms with van der Waals surface area (Å²) in [7, 11) is 1.49. The lowest BCUT2D eigenvalue weighted by Crippen LogP contribution is -2.97. The first-order valence-corrected chi connectivity index (χ1v) is 8.17. The number of nitrogens with two attached hydrogens (primary N) is 1. The summed E-state index contributed by atoms with van der Waals surface area (Å²) in [6.45, 7) is 3.69. The number of rotatable bonds is 3. The molecule has 2 amide bonds. The van der Waals surface area contributed by atoms with E-state index in [0.29, 0.717) is 0 Å². The molecular formula is C15H19N2O4S+. The van der Waals surface area contributed by atoms with E-state index in [0.717, 1.165) is 9.78 Å². The monoisotopic (exact) mass is 323 g/mol. The van der Waals surface area contributed by atoms with Crippen LogP contribution in [0.1, 0.15) is 24.8 Å². The quantitative estimate of drug-likeness (QED) is 0.623. The molecule has 7 heteroatoms. The van der Waals surface area contributed by atoms with Gasteiger partial charge in [0.05, 0.1) is 11.5 Å². The predicted molar refractivity (Wildman–Crippen MR) is 78.8 cm³/mol. The van der Waals surface area contributed by atoms with E-state index in [4.69, 9.17) is 4.74 Å². The van der Waals surface area contributed by atoms with Crippen molar-refractivity contribution in [2.75, 3.05) is 13.7 Å². The topological polar surface area (TPSA) is 80.3 Å². The Bertz CT molecular complexity index is 629. The molecule has 2 aliphatic heterocycles. The third-order valence-electron chi connectivity index (χ3n) is 4.72. The van der Waals surface area contributed by atoms with Crippen LogP contribution in [0.15, 0.2) is 17.5 Å². The van der Waals surface area contributed by atoms with E-state index in [1.54, 1.807) is 13.8 Å². The lowest BCUT2D eigenvalue weighted by Gasteiger charge is -2.24. The maximum Gasteiger partial charge on any atom is 0.368 e. The fraction of sp³-hybridized carbons (Fsp3) is 0.533. The average molecular weight is 323 g/mol. The first kappa shape index (κ1) is 15.2. The van der Waals surface area contributed by atoms with E-state index >= 15 is 0 Å². The zero-order valence-electron chi connectivity index (χ0n) is 12.7. The molecule has 3 heterocycles. The number of esters is 1. The summed E-state index contributed by atoms with van der Waals surface area (Å²) >= 11 is 1.53. The van der Waals surface area contributed by atoms with Crippen molar-refractivity contribution in [2.45, 2.75) is 25.4 Å². The summed E-state index contributed by atoms with van der Waals surface area (Å²) in [6.07, 6.45) is 0. The number of nitrogens with zero attached hydrogens (tertiary/aromatic N) is 1. The maximum absolute atomic E-state index is 12.5. The van der Waals surface area contributed by atoms with Crippen molar-refractivity contribution in [3.8, 4) is 0 Å². The van der Waals surface area contributed by atoms with Crippen LogP contribution in [0.4, 0.5) is 0 Å². The highest BCUT2D eigenvalue weighted by Gasteiger charge is 2.70. The van der Waals surface area contributed by atoms with Gasteiger partial charge in [0.25, 0.3) is 0 Å². The molecule has 2 fully saturated rings. The van der Waals surface area contributed by atoms with Crippen LogP contribution >= 0.6 is 11.3 Å². The van der Waals surface area contributed by atoms with E-state index in [2.05, 4.69) is 0 Å². The molecule has 0 unspecified atom stereocenters. The predicted octanol–water partition coefficient (Wildman–Crippen LogP) is -0.0810. The van der Waals surface area contributed by atoms with Gasteiger partial charge in [-0.25, -0.2) is 4.79 Å². The van der Waals surface area contributed by atoms with E-state index in [1.165, 1.54) is 18.4 Å². The van der Waals surface area contributed by atoms with Crippen molar-refractivity contribution in [1.82, 2.24) is 4.90 Å². The summed E-state index contributed by atoms with van der Waals surface area (Å²) in [6, 6.07) is 3.63. The van der Waals surface area contributed by atoms with Gasteiger partial charge in [0.2, 0.25) is 17.4 Å². The highest BCUT2D eigenvalue weighted by molar-refractivity contribution is 7.10. The van der Waals surface area contributed by atoms with Crippen LogP contribution in [0.2, 0.25) is 0 Å². The van der Waals surface area contributed by atoms with E-state index < -0.39 is 23.3 Å². The zero-order valence-corrected chi connectivity index (χ0v) is 13.6. The van der Waals surface area contributed by atoms with Gasteiger partial charge in [-0.05, 0) is 18.4 Å². The molecule has 118 valence electrons. The molecule has 0 saturated carbocycles. The fourth-order valence-electron chi connectivity index (χ4n) is 3.63. The van der Waals surface area contributed by atoms with Gasteiger partial charge in [0, 0.05) is 14.0 Å². The summed E-state index contributed by atoms with van der Waals surface area (Å²) in [5.41, 5.74) is -1.06. The minimum Gasteiger partial charge on any atom is -0.461 e. The molecule has 3 rings (SSSR count). The van der Waals surface area contributed by atoms with Crippen molar-refractivity contribution >= 4 is 29.1 Å². The lowest BCUT2D eigenvalue weighted by atomic mass is 9.81. The number of hydrogen-bond acceptors (Lipinski definition) is 5. The number of amides is 2. The van der Waals surface area contributed by atoms with E-state index in [1.807, 2.05) is 22.8 Å². The Morgan fingerprint density at radius 1 is 1.45 bits per heavy atom. The van der Waals surface area contributed by atoms with Gasteiger partial charge in [-0.15, -0.1) is 11.3 Å². The molecule has 6 nitrogen and oxygen atoms in total. The zero-order chi connectivity index (χ0) is 16.1. The molecule has 2 aliphatic rings. The Kier molecular flexibility index (Phi) is 3.57. The Morgan fingerprint density at radius 3 is 2.77 bits per heavy atom. The highest BCUT2D eigenvalue weighted by atomic mass is 32.1. The molecule has 1 aromatic rings. The first-order chi connectivity index (χ1) is 10.4. The van der Waals surface area contributed by atoms with Gasteiger partial charge >= 0.3 is 5.97 Å². The molecule has 0 aromatic carbocycles. The Balaban J connectivity index is 2.06. The third-order valence-corrected chi connectivity index (χ3v) is 5.69. The number of likely N-dealkylation sites (tertiary alicyclic amines) is 1. The van der Waals surface area contributed by atoms with Crippen molar-refractivity contribution in [3.63, 3.8) is 0 Å². The van der Waals surface area contributed by atoms with Crippen LogP contribution in [0.3, 0.4) is 0 Å². The summed E-state index contributed by atoms with van der Waals surface area (Å²) in [5, 5.41) is 3.78. The number of carbonyl (C=O) groups excluding carboxylic acids is 3. The van der Waals surface area contributed by atoms with Gasteiger partial charge < -0.3 is 10.1 Å². The molecular weight excluding hydrogens is 304 g/mol.